The van der Waals surface area contributed by atoms with Gasteiger partial charge in [0.2, 0.25) is 0 Å². The summed E-state index contributed by atoms with van der Waals surface area (Å²) in [5.74, 6) is -0.201. The zero-order valence-electron chi connectivity index (χ0n) is 7.97. The van der Waals surface area contributed by atoms with Gasteiger partial charge in [0.05, 0.1) is 5.56 Å². The second-order valence-corrected chi connectivity index (χ2v) is 3.14. The first-order valence-electron chi connectivity index (χ1n) is 4.58. The second kappa shape index (κ2) is 3.96. The van der Waals surface area contributed by atoms with E-state index in [4.69, 9.17) is 0 Å². The van der Waals surface area contributed by atoms with Crippen LogP contribution in [0.5, 0.6) is 5.75 Å². The molecule has 0 saturated heterocycles. The van der Waals surface area contributed by atoms with Crippen LogP contribution in [0.2, 0.25) is 0 Å². The van der Waals surface area contributed by atoms with Gasteiger partial charge in [-0.25, -0.2) is 0 Å². The summed E-state index contributed by atoms with van der Waals surface area (Å²) in [7, 11) is 0. The average Bonchev–Trinajstić information content (AvgIpc) is 2.30. The van der Waals surface area contributed by atoms with Gasteiger partial charge >= 0.3 is 0 Å². The highest BCUT2D eigenvalue weighted by molar-refractivity contribution is 6.10. The van der Waals surface area contributed by atoms with E-state index in [1.54, 1.807) is 30.3 Å². The molecular weight excluding hydrogens is 188 g/mol. The van der Waals surface area contributed by atoms with E-state index in [-0.39, 0.29) is 17.1 Å². The van der Waals surface area contributed by atoms with Gasteiger partial charge in [-0.2, -0.15) is 0 Å². The molecule has 2 rings (SSSR count). The summed E-state index contributed by atoms with van der Waals surface area (Å²) in [5, 5.41) is 9.50. The first kappa shape index (κ1) is 9.46. The zero-order valence-corrected chi connectivity index (χ0v) is 7.97. The number of rotatable bonds is 2. The Kier molecular flexibility index (Phi) is 2.50. The van der Waals surface area contributed by atoms with Crippen molar-refractivity contribution in [3.05, 3.63) is 65.7 Å². The number of carbonyl (C=O) groups is 1. The van der Waals surface area contributed by atoms with E-state index in [0.29, 0.717) is 5.56 Å². The molecule has 0 bridgehead atoms. The van der Waals surface area contributed by atoms with E-state index in [0.717, 1.165) is 0 Å². The van der Waals surface area contributed by atoms with Gasteiger partial charge < -0.3 is 5.11 Å². The molecule has 0 saturated carbocycles. The molecule has 73 valence electrons. The van der Waals surface area contributed by atoms with Crippen LogP contribution < -0.4 is 0 Å². The lowest BCUT2D eigenvalue weighted by Gasteiger charge is -2.02. The van der Waals surface area contributed by atoms with Crippen molar-refractivity contribution in [2.75, 3.05) is 0 Å². The highest BCUT2D eigenvalue weighted by Gasteiger charge is 2.11. The molecular formula is C13H9O2. The standard InChI is InChI=1S/C13H9O2/c14-12-9-5-4-8-11(12)13(15)10-6-2-1-3-7-10/h1-3,5-9,14H. The summed E-state index contributed by atoms with van der Waals surface area (Å²) in [4.78, 5) is 11.9. The van der Waals surface area contributed by atoms with Crippen molar-refractivity contribution in [1.82, 2.24) is 0 Å². The molecule has 0 aromatic heterocycles. The Bertz CT molecular complexity index is 475. The van der Waals surface area contributed by atoms with Gasteiger partial charge in [0, 0.05) is 5.56 Å². The Labute approximate surface area is 87.8 Å². The minimum Gasteiger partial charge on any atom is -0.507 e. The van der Waals surface area contributed by atoms with Crippen molar-refractivity contribution >= 4 is 5.78 Å². The lowest BCUT2D eigenvalue weighted by Crippen LogP contribution is -2.00. The molecule has 0 aliphatic rings. The maximum absolute atomic E-state index is 11.9. The van der Waals surface area contributed by atoms with Gasteiger partial charge in [0.1, 0.15) is 5.75 Å². The monoisotopic (exact) mass is 197 g/mol. The van der Waals surface area contributed by atoms with Gasteiger partial charge in [-0.1, -0.05) is 36.4 Å². The van der Waals surface area contributed by atoms with E-state index in [2.05, 4.69) is 6.07 Å². The normalized spacial score (nSPS) is 9.87. The fourth-order valence-corrected chi connectivity index (χ4v) is 1.35. The molecule has 2 aromatic rings. The minimum absolute atomic E-state index is 0.0115. The average molecular weight is 197 g/mol. The van der Waals surface area contributed by atoms with Crippen molar-refractivity contribution in [1.29, 1.82) is 0 Å². The number of benzene rings is 2. The smallest absolute Gasteiger partial charge is 0.196 e. The van der Waals surface area contributed by atoms with Crippen LogP contribution in [0.25, 0.3) is 0 Å². The van der Waals surface area contributed by atoms with Crippen molar-refractivity contribution in [3.8, 4) is 5.75 Å². The van der Waals surface area contributed by atoms with Crippen LogP contribution in [-0.4, -0.2) is 10.9 Å². The van der Waals surface area contributed by atoms with Crippen LogP contribution in [0.15, 0.2) is 48.5 Å². The molecule has 0 amide bonds. The highest BCUT2D eigenvalue weighted by atomic mass is 16.3. The molecule has 0 spiro atoms. The number of aromatic hydroxyl groups is 1. The van der Waals surface area contributed by atoms with Crippen LogP contribution >= 0.6 is 0 Å². The SMILES string of the molecule is O=C(c1ccccc1)c1c[c]ccc1O. The predicted octanol–water partition coefficient (Wildman–Crippen LogP) is 2.42. The Morgan fingerprint density at radius 3 is 2.53 bits per heavy atom. The summed E-state index contributed by atoms with van der Waals surface area (Å²) in [6.07, 6.45) is 0. The Balaban J connectivity index is 2.42. The topological polar surface area (TPSA) is 37.3 Å². The zero-order chi connectivity index (χ0) is 10.7. The molecule has 0 fully saturated rings. The Morgan fingerprint density at radius 1 is 1.13 bits per heavy atom. The molecule has 0 atom stereocenters. The van der Waals surface area contributed by atoms with Crippen LogP contribution in [0, 0.1) is 6.07 Å². The lowest BCUT2D eigenvalue weighted by molar-refractivity contribution is 0.103. The molecule has 1 radical (unpaired) electrons. The van der Waals surface area contributed by atoms with Crippen LogP contribution in [0.3, 0.4) is 0 Å². The molecule has 2 nitrogen and oxygen atoms in total. The number of hydrogen-bond donors (Lipinski definition) is 1. The summed E-state index contributed by atoms with van der Waals surface area (Å²) in [6.45, 7) is 0. The maximum Gasteiger partial charge on any atom is 0.196 e. The van der Waals surface area contributed by atoms with Crippen molar-refractivity contribution in [2.24, 2.45) is 0 Å². The number of ketones is 1. The molecule has 2 aromatic carbocycles. The highest BCUT2D eigenvalue weighted by Crippen LogP contribution is 2.19. The third-order valence-electron chi connectivity index (χ3n) is 2.12. The van der Waals surface area contributed by atoms with Crippen LogP contribution in [0.1, 0.15) is 15.9 Å². The summed E-state index contributed by atoms with van der Waals surface area (Å²) < 4.78 is 0. The van der Waals surface area contributed by atoms with Gasteiger partial charge in [0.15, 0.2) is 5.78 Å². The molecule has 0 unspecified atom stereocenters. The fourth-order valence-electron chi connectivity index (χ4n) is 1.35. The van der Waals surface area contributed by atoms with E-state index < -0.39 is 0 Å². The predicted molar refractivity (Wildman–Crippen MR) is 56.8 cm³/mol. The van der Waals surface area contributed by atoms with Crippen LogP contribution in [-0.2, 0) is 0 Å². The minimum atomic E-state index is -0.190. The number of carbonyl (C=O) groups excluding carboxylic acids is 1. The van der Waals surface area contributed by atoms with E-state index in [1.807, 2.05) is 6.07 Å². The summed E-state index contributed by atoms with van der Waals surface area (Å²) in [6, 6.07) is 16.1. The molecule has 2 heteroatoms. The summed E-state index contributed by atoms with van der Waals surface area (Å²) >= 11 is 0. The second-order valence-electron chi connectivity index (χ2n) is 3.14. The third kappa shape index (κ3) is 1.89. The Morgan fingerprint density at radius 2 is 1.87 bits per heavy atom. The first-order valence-corrected chi connectivity index (χ1v) is 4.58. The van der Waals surface area contributed by atoms with Crippen molar-refractivity contribution < 1.29 is 9.90 Å². The van der Waals surface area contributed by atoms with Gasteiger partial charge in [0.25, 0.3) is 0 Å². The van der Waals surface area contributed by atoms with E-state index in [1.165, 1.54) is 12.1 Å². The molecule has 1 N–H and O–H groups in total. The Hall–Kier alpha value is -2.09. The molecule has 0 heterocycles. The largest absolute Gasteiger partial charge is 0.507 e. The quantitative estimate of drug-likeness (QED) is 0.751. The third-order valence-corrected chi connectivity index (χ3v) is 2.12. The lowest BCUT2D eigenvalue weighted by atomic mass is 10.0. The van der Waals surface area contributed by atoms with E-state index in [9.17, 15) is 9.90 Å². The van der Waals surface area contributed by atoms with Crippen molar-refractivity contribution in [2.45, 2.75) is 0 Å². The first-order chi connectivity index (χ1) is 7.29. The van der Waals surface area contributed by atoms with Crippen LogP contribution in [0.4, 0.5) is 0 Å². The van der Waals surface area contributed by atoms with Crippen molar-refractivity contribution in [3.63, 3.8) is 0 Å². The van der Waals surface area contributed by atoms with Gasteiger partial charge in [-0.15, -0.1) is 0 Å². The van der Waals surface area contributed by atoms with E-state index >= 15 is 0 Å². The number of phenolic OH excluding ortho intramolecular Hbond substituents is 1. The molecule has 0 aliphatic carbocycles. The maximum atomic E-state index is 11.9. The van der Waals surface area contributed by atoms with Gasteiger partial charge in [-0.3, -0.25) is 4.79 Å². The fraction of sp³-hybridized carbons (Fsp3) is 0. The number of phenols is 1. The molecule has 15 heavy (non-hydrogen) atoms. The molecule has 0 aliphatic heterocycles. The summed E-state index contributed by atoms with van der Waals surface area (Å²) in [5.41, 5.74) is 0.844. The number of hydrogen-bond acceptors (Lipinski definition) is 2. The van der Waals surface area contributed by atoms with Gasteiger partial charge in [-0.05, 0) is 18.2 Å².